The average molecular weight is 278 g/mol. The van der Waals surface area contributed by atoms with E-state index in [1.165, 1.54) is 0 Å². The maximum atomic E-state index is 5.67. The van der Waals surface area contributed by atoms with Gasteiger partial charge in [0.2, 0.25) is 5.88 Å². The van der Waals surface area contributed by atoms with Gasteiger partial charge in [0.15, 0.2) is 0 Å². The molecule has 3 heterocycles. The van der Waals surface area contributed by atoms with Crippen molar-refractivity contribution >= 4 is 0 Å². The molecule has 2 aliphatic heterocycles. The highest BCUT2D eigenvalue weighted by atomic mass is 16.5. The molecule has 1 aromatic heterocycles. The van der Waals surface area contributed by atoms with Crippen LogP contribution in [-0.4, -0.2) is 57.0 Å². The summed E-state index contributed by atoms with van der Waals surface area (Å²) >= 11 is 0. The largest absolute Gasteiger partial charge is 0.481 e. The van der Waals surface area contributed by atoms with E-state index in [2.05, 4.69) is 16.0 Å². The number of methoxy groups -OCH3 is 2. The molecule has 0 aromatic carbocycles. The maximum Gasteiger partial charge on any atom is 0.217 e. The van der Waals surface area contributed by atoms with Crippen molar-refractivity contribution in [2.75, 3.05) is 47.1 Å². The predicted octanol–water partition coefficient (Wildman–Crippen LogP) is 1.19. The molecule has 0 unspecified atom stereocenters. The van der Waals surface area contributed by atoms with Gasteiger partial charge in [-0.15, -0.1) is 0 Å². The minimum absolute atomic E-state index is 0.171. The predicted molar refractivity (Wildman–Crippen MR) is 74.7 cm³/mol. The van der Waals surface area contributed by atoms with Crippen LogP contribution in [0.1, 0.15) is 5.56 Å². The molecular formula is C15H22N2O3. The highest BCUT2D eigenvalue weighted by Crippen LogP contribution is 2.42. The van der Waals surface area contributed by atoms with Crippen LogP contribution in [0.25, 0.3) is 0 Å². The zero-order valence-corrected chi connectivity index (χ0v) is 12.2. The summed E-state index contributed by atoms with van der Waals surface area (Å²) in [6.07, 6.45) is 1.77. The van der Waals surface area contributed by atoms with Gasteiger partial charge in [0.25, 0.3) is 0 Å². The second-order valence-electron chi connectivity index (χ2n) is 5.85. The third-order valence-corrected chi connectivity index (χ3v) is 4.46. The van der Waals surface area contributed by atoms with E-state index in [1.807, 2.05) is 6.07 Å². The van der Waals surface area contributed by atoms with Gasteiger partial charge in [-0.3, -0.25) is 4.90 Å². The fraction of sp³-hybridized carbons (Fsp3) is 0.667. The van der Waals surface area contributed by atoms with Crippen LogP contribution in [0.3, 0.4) is 0 Å². The highest BCUT2D eigenvalue weighted by Gasteiger charge is 2.50. The number of nitrogens with zero attached hydrogens (tertiary/aromatic N) is 2. The molecule has 0 spiro atoms. The van der Waals surface area contributed by atoms with E-state index in [0.717, 1.165) is 50.9 Å². The van der Waals surface area contributed by atoms with Crippen LogP contribution in [-0.2, 0) is 16.0 Å². The topological polar surface area (TPSA) is 43.8 Å². The van der Waals surface area contributed by atoms with E-state index in [9.17, 15) is 0 Å². The van der Waals surface area contributed by atoms with Crippen molar-refractivity contribution in [3.05, 3.63) is 23.9 Å². The molecule has 2 saturated heterocycles. The number of rotatable bonds is 5. The van der Waals surface area contributed by atoms with Crippen molar-refractivity contribution in [2.45, 2.75) is 6.54 Å². The van der Waals surface area contributed by atoms with Crippen molar-refractivity contribution in [1.82, 2.24) is 9.88 Å². The third kappa shape index (κ3) is 2.41. The highest BCUT2D eigenvalue weighted by molar-refractivity contribution is 5.25. The fourth-order valence-electron chi connectivity index (χ4n) is 3.52. The van der Waals surface area contributed by atoms with Crippen LogP contribution in [0.15, 0.2) is 18.3 Å². The van der Waals surface area contributed by atoms with Gasteiger partial charge in [-0.1, -0.05) is 6.07 Å². The monoisotopic (exact) mass is 278 g/mol. The van der Waals surface area contributed by atoms with Crippen LogP contribution in [0.4, 0.5) is 0 Å². The van der Waals surface area contributed by atoms with Gasteiger partial charge in [0.1, 0.15) is 0 Å². The Labute approximate surface area is 119 Å². The van der Waals surface area contributed by atoms with Gasteiger partial charge in [0.05, 0.1) is 26.9 Å². The first-order valence-corrected chi connectivity index (χ1v) is 7.04. The number of hydrogen-bond donors (Lipinski definition) is 0. The minimum Gasteiger partial charge on any atom is -0.481 e. The number of hydrogen-bond acceptors (Lipinski definition) is 5. The lowest BCUT2D eigenvalue weighted by Gasteiger charge is -2.26. The Kier molecular flexibility index (Phi) is 3.92. The normalized spacial score (nSPS) is 29.6. The van der Waals surface area contributed by atoms with E-state index >= 15 is 0 Å². The summed E-state index contributed by atoms with van der Waals surface area (Å²) in [6, 6.07) is 4.04. The van der Waals surface area contributed by atoms with Gasteiger partial charge in [-0.05, 0) is 6.07 Å². The molecule has 3 rings (SSSR count). The molecular weight excluding hydrogens is 256 g/mol. The van der Waals surface area contributed by atoms with Crippen LogP contribution in [0.2, 0.25) is 0 Å². The first kappa shape index (κ1) is 13.8. The minimum atomic E-state index is 0.171. The molecule has 2 aliphatic rings. The zero-order chi connectivity index (χ0) is 14.0. The lowest BCUT2D eigenvalue weighted by atomic mass is 9.82. The Bertz CT molecular complexity index is 468. The van der Waals surface area contributed by atoms with Gasteiger partial charge < -0.3 is 14.2 Å². The summed E-state index contributed by atoms with van der Waals surface area (Å²) in [5.41, 5.74) is 1.31. The van der Waals surface area contributed by atoms with E-state index in [0.29, 0.717) is 5.92 Å². The van der Waals surface area contributed by atoms with Gasteiger partial charge in [-0.2, -0.15) is 0 Å². The lowest BCUT2D eigenvalue weighted by molar-refractivity contribution is 0.0532. The zero-order valence-electron chi connectivity index (χ0n) is 12.2. The summed E-state index contributed by atoms with van der Waals surface area (Å²) in [5, 5.41) is 0. The molecule has 0 radical (unpaired) electrons. The van der Waals surface area contributed by atoms with Crippen molar-refractivity contribution in [1.29, 1.82) is 0 Å². The van der Waals surface area contributed by atoms with Crippen LogP contribution in [0, 0.1) is 11.3 Å². The number of aromatic nitrogens is 1. The lowest BCUT2D eigenvalue weighted by Crippen LogP contribution is -2.35. The summed E-state index contributed by atoms with van der Waals surface area (Å²) in [6.45, 7) is 5.39. The molecule has 2 fully saturated rings. The molecule has 0 bridgehead atoms. The molecule has 0 aliphatic carbocycles. The Morgan fingerprint density at radius 1 is 1.50 bits per heavy atom. The van der Waals surface area contributed by atoms with Gasteiger partial charge in [0, 0.05) is 49.8 Å². The maximum absolute atomic E-state index is 5.67. The summed E-state index contributed by atoms with van der Waals surface area (Å²) in [4.78, 5) is 6.73. The Balaban J connectivity index is 1.71. The van der Waals surface area contributed by atoms with Crippen molar-refractivity contribution in [2.24, 2.45) is 11.3 Å². The van der Waals surface area contributed by atoms with Crippen molar-refractivity contribution < 1.29 is 14.2 Å². The number of pyridine rings is 1. The Morgan fingerprint density at radius 3 is 3.20 bits per heavy atom. The molecule has 5 heteroatoms. The van der Waals surface area contributed by atoms with Crippen LogP contribution >= 0.6 is 0 Å². The molecule has 0 saturated carbocycles. The van der Waals surface area contributed by atoms with E-state index in [1.54, 1.807) is 20.4 Å². The molecule has 20 heavy (non-hydrogen) atoms. The van der Waals surface area contributed by atoms with Crippen molar-refractivity contribution in [3.8, 4) is 5.88 Å². The molecule has 2 atom stereocenters. The van der Waals surface area contributed by atoms with E-state index < -0.39 is 0 Å². The summed E-state index contributed by atoms with van der Waals surface area (Å²) < 4.78 is 16.4. The first-order valence-electron chi connectivity index (χ1n) is 7.04. The number of likely N-dealkylation sites (tertiary alicyclic amines) is 1. The molecule has 0 amide bonds. The van der Waals surface area contributed by atoms with Gasteiger partial charge in [-0.25, -0.2) is 4.98 Å². The third-order valence-electron chi connectivity index (χ3n) is 4.46. The number of ether oxygens (including phenoxy) is 3. The second-order valence-corrected chi connectivity index (χ2v) is 5.85. The molecule has 110 valence electrons. The molecule has 5 nitrogen and oxygen atoms in total. The standard InChI is InChI=1S/C15H22N2O3/c1-18-10-15-9-17(7-13(15)8-20-11-15)6-12-4-3-5-16-14(12)19-2/h3-5,13H,6-11H2,1-2H3/t13-,15-/m1/s1. The molecule has 1 aromatic rings. The second kappa shape index (κ2) is 5.68. The Morgan fingerprint density at radius 2 is 2.40 bits per heavy atom. The fourth-order valence-corrected chi connectivity index (χ4v) is 3.52. The van der Waals surface area contributed by atoms with Gasteiger partial charge >= 0.3 is 0 Å². The summed E-state index contributed by atoms with van der Waals surface area (Å²) in [7, 11) is 3.45. The first-order chi connectivity index (χ1) is 9.77. The quantitative estimate of drug-likeness (QED) is 0.809. The van der Waals surface area contributed by atoms with Crippen LogP contribution < -0.4 is 4.74 Å². The van der Waals surface area contributed by atoms with Crippen molar-refractivity contribution in [3.63, 3.8) is 0 Å². The van der Waals surface area contributed by atoms with Crippen LogP contribution in [0.5, 0.6) is 5.88 Å². The van der Waals surface area contributed by atoms with E-state index in [-0.39, 0.29) is 5.41 Å². The smallest absolute Gasteiger partial charge is 0.217 e. The van der Waals surface area contributed by atoms with E-state index in [4.69, 9.17) is 14.2 Å². The number of fused-ring (bicyclic) bond motifs is 1. The average Bonchev–Trinajstić information content (AvgIpc) is 2.96. The summed E-state index contributed by atoms with van der Waals surface area (Å²) in [5.74, 6) is 1.30. The SMILES string of the molecule is COC[C@]12COC[C@H]1CN(Cc1cccnc1OC)C2. The molecule has 0 N–H and O–H groups in total. The Hall–Kier alpha value is -1.17.